The lowest BCUT2D eigenvalue weighted by Crippen LogP contribution is -2.32. The van der Waals surface area contributed by atoms with E-state index < -0.39 is 10.0 Å². The third-order valence-electron chi connectivity index (χ3n) is 4.54. The summed E-state index contributed by atoms with van der Waals surface area (Å²) >= 11 is 6.03. The van der Waals surface area contributed by atoms with E-state index in [2.05, 4.69) is 5.32 Å². The number of rotatable bonds is 10. The van der Waals surface area contributed by atoms with E-state index in [0.29, 0.717) is 35.2 Å². The summed E-state index contributed by atoms with van der Waals surface area (Å²) in [6.07, 6.45) is 1.71. The van der Waals surface area contributed by atoms with Gasteiger partial charge in [0.2, 0.25) is 15.9 Å². The molecule has 2 aromatic rings. The van der Waals surface area contributed by atoms with Crippen molar-refractivity contribution in [2.75, 3.05) is 31.3 Å². The molecule has 30 heavy (non-hydrogen) atoms. The SMILES string of the molecule is COc1ccc(CNC(=O)CCCN(c2cc(Cl)ccc2C)S(C)(=O)=O)cc1OC. The maximum absolute atomic E-state index is 12.3. The Hall–Kier alpha value is -2.45. The second kappa shape index (κ2) is 10.5. The minimum Gasteiger partial charge on any atom is -0.493 e. The largest absolute Gasteiger partial charge is 0.493 e. The zero-order valence-electron chi connectivity index (χ0n) is 17.6. The first-order valence-electron chi connectivity index (χ1n) is 9.37. The fraction of sp³-hybridized carbons (Fsp3) is 0.381. The van der Waals surface area contributed by atoms with Crippen LogP contribution in [0.25, 0.3) is 0 Å². The molecule has 0 aliphatic rings. The van der Waals surface area contributed by atoms with Crippen LogP contribution in [0.15, 0.2) is 36.4 Å². The Balaban J connectivity index is 1.94. The van der Waals surface area contributed by atoms with Gasteiger partial charge in [-0.15, -0.1) is 0 Å². The average Bonchev–Trinajstić information content (AvgIpc) is 2.70. The summed E-state index contributed by atoms with van der Waals surface area (Å²) in [5, 5.41) is 3.29. The van der Waals surface area contributed by atoms with Gasteiger partial charge in [-0.1, -0.05) is 23.7 Å². The normalized spacial score (nSPS) is 11.1. The first-order chi connectivity index (χ1) is 14.2. The lowest BCUT2D eigenvalue weighted by atomic mass is 10.2. The van der Waals surface area contributed by atoms with Crippen LogP contribution in [0.3, 0.4) is 0 Å². The van der Waals surface area contributed by atoms with Crippen LogP contribution in [-0.4, -0.2) is 41.3 Å². The number of nitrogens with zero attached hydrogens (tertiary/aromatic N) is 1. The van der Waals surface area contributed by atoms with Gasteiger partial charge in [-0.05, 0) is 48.7 Å². The molecule has 0 aromatic heterocycles. The number of anilines is 1. The molecule has 7 nitrogen and oxygen atoms in total. The van der Waals surface area contributed by atoms with E-state index >= 15 is 0 Å². The van der Waals surface area contributed by atoms with Crippen LogP contribution in [0.2, 0.25) is 5.02 Å². The Kier molecular flexibility index (Phi) is 8.37. The number of amides is 1. The van der Waals surface area contributed by atoms with E-state index in [9.17, 15) is 13.2 Å². The molecule has 0 saturated carbocycles. The van der Waals surface area contributed by atoms with Crippen molar-refractivity contribution < 1.29 is 22.7 Å². The highest BCUT2D eigenvalue weighted by Crippen LogP contribution is 2.28. The van der Waals surface area contributed by atoms with Crippen molar-refractivity contribution in [1.82, 2.24) is 5.32 Å². The fourth-order valence-electron chi connectivity index (χ4n) is 2.98. The standard InChI is InChI=1S/C21H27ClN2O5S/c1-15-7-9-17(22)13-18(15)24(30(4,26)27)11-5-6-21(25)23-14-16-8-10-19(28-2)20(12-16)29-3/h7-10,12-13H,5-6,11,14H2,1-4H3,(H,23,25). The highest BCUT2D eigenvalue weighted by molar-refractivity contribution is 7.92. The number of benzene rings is 2. The van der Waals surface area contributed by atoms with Gasteiger partial charge in [0.15, 0.2) is 11.5 Å². The van der Waals surface area contributed by atoms with Crippen LogP contribution >= 0.6 is 11.6 Å². The number of carbonyl (C=O) groups is 1. The van der Waals surface area contributed by atoms with Gasteiger partial charge in [-0.25, -0.2) is 8.42 Å². The van der Waals surface area contributed by atoms with Crippen LogP contribution in [0.1, 0.15) is 24.0 Å². The number of sulfonamides is 1. The van der Waals surface area contributed by atoms with Gasteiger partial charge in [-0.2, -0.15) is 0 Å². The number of hydrogen-bond donors (Lipinski definition) is 1. The topological polar surface area (TPSA) is 84.9 Å². The number of nitrogens with one attached hydrogen (secondary N) is 1. The molecule has 0 heterocycles. The molecular weight excluding hydrogens is 428 g/mol. The second-order valence-electron chi connectivity index (χ2n) is 6.84. The maximum atomic E-state index is 12.3. The highest BCUT2D eigenvalue weighted by atomic mass is 35.5. The summed E-state index contributed by atoms with van der Waals surface area (Å²) in [5.74, 6) is 1.04. The van der Waals surface area contributed by atoms with Gasteiger partial charge in [0.05, 0.1) is 26.2 Å². The third-order valence-corrected chi connectivity index (χ3v) is 5.96. The summed E-state index contributed by atoms with van der Waals surface area (Å²) in [6.45, 7) is 2.34. The molecule has 164 valence electrons. The highest BCUT2D eigenvalue weighted by Gasteiger charge is 2.19. The van der Waals surface area contributed by atoms with Gasteiger partial charge in [0.25, 0.3) is 0 Å². The van der Waals surface area contributed by atoms with E-state index in [1.165, 1.54) is 4.31 Å². The van der Waals surface area contributed by atoms with Crippen LogP contribution in [-0.2, 0) is 21.4 Å². The molecule has 2 aromatic carbocycles. The Bertz CT molecular complexity index is 995. The molecule has 1 N–H and O–H groups in total. The molecule has 0 unspecified atom stereocenters. The van der Waals surface area contributed by atoms with Crippen LogP contribution in [0, 0.1) is 6.92 Å². The first kappa shape index (κ1) is 23.8. The van der Waals surface area contributed by atoms with Gasteiger partial charge >= 0.3 is 0 Å². The lowest BCUT2D eigenvalue weighted by Gasteiger charge is -2.24. The maximum Gasteiger partial charge on any atom is 0.232 e. The van der Waals surface area contributed by atoms with Crippen molar-refractivity contribution in [3.63, 3.8) is 0 Å². The Morgan fingerprint density at radius 3 is 2.43 bits per heavy atom. The van der Waals surface area contributed by atoms with Crippen LogP contribution in [0.5, 0.6) is 11.5 Å². The van der Waals surface area contributed by atoms with Crippen molar-refractivity contribution in [3.8, 4) is 11.5 Å². The number of methoxy groups -OCH3 is 2. The zero-order valence-corrected chi connectivity index (χ0v) is 19.1. The molecule has 2 rings (SSSR count). The molecule has 9 heteroatoms. The van der Waals surface area contributed by atoms with Crippen molar-refractivity contribution in [2.45, 2.75) is 26.3 Å². The summed E-state index contributed by atoms with van der Waals surface area (Å²) < 4.78 is 36.3. The van der Waals surface area contributed by atoms with Crippen molar-refractivity contribution in [2.24, 2.45) is 0 Å². The predicted octanol–water partition coefficient (Wildman–Crippen LogP) is 3.53. The first-order valence-corrected chi connectivity index (χ1v) is 11.6. The smallest absolute Gasteiger partial charge is 0.232 e. The summed E-state index contributed by atoms with van der Waals surface area (Å²) in [7, 11) is -0.397. The lowest BCUT2D eigenvalue weighted by molar-refractivity contribution is -0.121. The monoisotopic (exact) mass is 454 g/mol. The number of halogens is 1. The Labute approximate surface area is 183 Å². The van der Waals surface area contributed by atoms with E-state index in [0.717, 1.165) is 17.4 Å². The van der Waals surface area contributed by atoms with Crippen molar-refractivity contribution in [1.29, 1.82) is 0 Å². The van der Waals surface area contributed by atoms with Crippen molar-refractivity contribution in [3.05, 3.63) is 52.5 Å². The molecule has 0 bridgehead atoms. The van der Waals surface area contributed by atoms with Crippen LogP contribution in [0.4, 0.5) is 5.69 Å². The second-order valence-corrected chi connectivity index (χ2v) is 9.18. The molecule has 0 atom stereocenters. The molecular formula is C21H27ClN2O5S. The molecule has 1 amide bonds. The Morgan fingerprint density at radius 1 is 1.10 bits per heavy atom. The van der Waals surface area contributed by atoms with Gasteiger partial charge < -0.3 is 14.8 Å². The van der Waals surface area contributed by atoms with Gasteiger partial charge in [-0.3, -0.25) is 9.10 Å². The Morgan fingerprint density at radius 2 is 1.80 bits per heavy atom. The number of hydrogen-bond acceptors (Lipinski definition) is 5. The van der Waals surface area contributed by atoms with E-state index in [4.69, 9.17) is 21.1 Å². The molecule has 0 aliphatic carbocycles. The average molecular weight is 455 g/mol. The summed E-state index contributed by atoms with van der Waals surface area (Å²) in [4.78, 5) is 12.2. The molecule has 0 radical (unpaired) electrons. The molecule has 0 aliphatic heterocycles. The quantitative estimate of drug-likeness (QED) is 0.593. The zero-order chi connectivity index (χ0) is 22.3. The molecule has 0 saturated heterocycles. The van der Waals surface area contributed by atoms with Gasteiger partial charge in [0, 0.05) is 24.5 Å². The van der Waals surface area contributed by atoms with Crippen molar-refractivity contribution >= 4 is 33.2 Å². The van der Waals surface area contributed by atoms with E-state index in [1.54, 1.807) is 44.6 Å². The van der Waals surface area contributed by atoms with E-state index in [1.807, 2.05) is 13.0 Å². The fourth-order valence-corrected chi connectivity index (χ4v) is 4.16. The molecule has 0 fully saturated rings. The summed E-state index contributed by atoms with van der Waals surface area (Å²) in [6, 6.07) is 10.5. The minimum atomic E-state index is -3.51. The van der Waals surface area contributed by atoms with Gasteiger partial charge in [0.1, 0.15) is 0 Å². The third kappa shape index (κ3) is 6.53. The number of ether oxygens (including phenoxy) is 2. The van der Waals surface area contributed by atoms with E-state index in [-0.39, 0.29) is 18.9 Å². The number of aryl methyl sites for hydroxylation is 1. The predicted molar refractivity (Wildman–Crippen MR) is 119 cm³/mol. The number of carbonyl (C=O) groups excluding carboxylic acids is 1. The summed E-state index contributed by atoms with van der Waals surface area (Å²) in [5.41, 5.74) is 2.19. The molecule has 0 spiro atoms. The van der Waals surface area contributed by atoms with Crippen LogP contribution < -0.4 is 19.1 Å². The minimum absolute atomic E-state index is 0.166.